The van der Waals surface area contributed by atoms with Gasteiger partial charge in [0.15, 0.2) is 0 Å². The number of fused-ring (bicyclic) bond motifs is 1. The Morgan fingerprint density at radius 2 is 1.62 bits per heavy atom. The molecule has 0 radical (unpaired) electrons. The van der Waals surface area contributed by atoms with Gasteiger partial charge in [-0.15, -0.1) is 0 Å². The molecule has 0 aliphatic carbocycles. The minimum atomic E-state index is -1.20. The SMILES string of the molecule is COc1ccc(C(=O)N2CCC3(CCN(CCc4ccc(-c5cc6c(-c7cc(F)cc(NC(=O)c8ccc(C(C)(C)OC(=O)CN)cc8F)c7C)ncnc6[nH]5)cc4)CC3)CC2)cc1N1CCC(=O)NC1=O. The maximum absolute atomic E-state index is 15.4. The minimum absolute atomic E-state index is 0.0797. The Balaban J connectivity index is 0.794. The number of aromatic amines is 1. The summed E-state index contributed by atoms with van der Waals surface area (Å²) in [5.41, 5.74) is 10.4. The molecule has 5 heterocycles. The number of esters is 1. The largest absolute Gasteiger partial charge is 0.495 e. The number of nitrogens with two attached hydrogens (primary N) is 1. The van der Waals surface area contributed by atoms with Gasteiger partial charge in [0.05, 0.1) is 30.6 Å². The maximum atomic E-state index is 15.4. The topological polar surface area (TPSA) is 205 Å². The molecule has 2 aromatic heterocycles. The first kappa shape index (κ1) is 49.4. The summed E-state index contributed by atoms with van der Waals surface area (Å²) in [5, 5.41) is 5.65. The van der Waals surface area contributed by atoms with Crippen LogP contribution in [-0.4, -0.2) is 107 Å². The minimum Gasteiger partial charge on any atom is -0.495 e. The molecule has 4 aromatic carbocycles. The number of carbonyl (C=O) groups excluding carboxylic acids is 5. The molecule has 3 aliphatic heterocycles. The van der Waals surface area contributed by atoms with Gasteiger partial charge in [-0.05, 0) is 142 Å². The predicted molar refractivity (Wildman–Crippen MR) is 267 cm³/mol. The van der Waals surface area contributed by atoms with Gasteiger partial charge in [-0.25, -0.2) is 23.5 Å². The number of H-pyrrole nitrogens is 1. The zero-order valence-corrected chi connectivity index (χ0v) is 40.7. The highest BCUT2D eigenvalue weighted by atomic mass is 19.1. The number of halogens is 2. The molecule has 18 heteroatoms. The van der Waals surface area contributed by atoms with Crippen molar-refractivity contribution < 1.29 is 42.2 Å². The van der Waals surface area contributed by atoms with Gasteiger partial charge in [-0.2, -0.15) is 0 Å². The predicted octanol–water partition coefficient (Wildman–Crippen LogP) is 7.88. The second kappa shape index (κ2) is 20.3. The van der Waals surface area contributed by atoms with Crippen LogP contribution in [-0.2, 0) is 26.3 Å². The first-order chi connectivity index (χ1) is 34.5. The van der Waals surface area contributed by atoms with E-state index < -0.39 is 35.1 Å². The molecule has 3 fully saturated rings. The number of anilines is 2. The third-order valence-corrected chi connectivity index (χ3v) is 14.5. The second-order valence-corrected chi connectivity index (χ2v) is 19.4. The fraction of sp³-hybridized carbons (Fsp3) is 0.352. The van der Waals surface area contributed by atoms with E-state index in [1.165, 1.54) is 48.2 Å². The number of piperidine rings is 2. The summed E-state index contributed by atoms with van der Waals surface area (Å²) in [5.74, 6) is -2.88. The van der Waals surface area contributed by atoms with Crippen LogP contribution in [0.15, 0.2) is 85.2 Å². The Morgan fingerprint density at radius 3 is 2.32 bits per heavy atom. The molecule has 0 bridgehead atoms. The average molecular weight is 982 g/mol. The summed E-state index contributed by atoms with van der Waals surface area (Å²) in [4.78, 5) is 81.5. The number of aromatic nitrogens is 3. The van der Waals surface area contributed by atoms with Gasteiger partial charge < -0.3 is 35.3 Å². The molecule has 16 nitrogen and oxygen atoms in total. The summed E-state index contributed by atoms with van der Waals surface area (Å²) in [6.45, 7) is 9.02. The number of hydrogen-bond acceptors (Lipinski definition) is 11. The molecule has 0 atom stereocenters. The number of carbonyl (C=O) groups is 5. The molecule has 374 valence electrons. The van der Waals surface area contributed by atoms with Crippen molar-refractivity contribution in [2.75, 3.05) is 63.1 Å². The smallest absolute Gasteiger partial charge is 0.328 e. The molecule has 0 saturated carbocycles. The first-order valence-corrected chi connectivity index (χ1v) is 24.1. The van der Waals surface area contributed by atoms with E-state index in [0.29, 0.717) is 63.5 Å². The lowest BCUT2D eigenvalue weighted by Gasteiger charge is -2.47. The Morgan fingerprint density at radius 1 is 0.889 bits per heavy atom. The fourth-order valence-electron chi connectivity index (χ4n) is 10.1. The standard InChI is InChI=1S/C54H57F2N9O7/c1-32-39(27-37(55)28-42(32)61-50(68)38-11-10-36(26-41(38)56)53(2,3)72-47(67)30-57)48-40-29-43(60-49(40)59-31-58-48)34-7-5-33(6-8-34)13-19-63-21-15-54(16-22-63)17-23-64(24-18-54)51(69)35-9-12-45(71-4)44(25-35)65-20-14-46(66)62-52(65)70/h5-12,25-29,31H,13-24,30,57H2,1-4H3,(H,61,68)(H,58,59,60)(H,62,66,70). The normalized spacial score (nSPS) is 16.2. The molecule has 5 amide bonds. The number of hydrogen-bond donors (Lipinski definition) is 4. The van der Waals surface area contributed by atoms with Crippen molar-refractivity contribution in [2.24, 2.45) is 11.1 Å². The molecule has 6 aromatic rings. The van der Waals surface area contributed by atoms with Crippen LogP contribution in [0.4, 0.5) is 25.0 Å². The number of amides is 5. The lowest BCUT2D eigenvalue weighted by Crippen LogP contribution is -2.50. The number of urea groups is 1. The Bertz CT molecular complexity index is 3080. The van der Waals surface area contributed by atoms with E-state index >= 15 is 8.78 Å². The molecule has 9 rings (SSSR count). The number of rotatable bonds is 13. The van der Waals surface area contributed by atoms with Gasteiger partial charge >= 0.3 is 12.0 Å². The summed E-state index contributed by atoms with van der Waals surface area (Å²) in [6.07, 6.45) is 6.47. The van der Waals surface area contributed by atoms with E-state index in [4.69, 9.17) is 15.2 Å². The van der Waals surface area contributed by atoms with E-state index in [2.05, 4.69) is 54.8 Å². The van der Waals surface area contributed by atoms with Crippen LogP contribution >= 0.6 is 0 Å². The highest BCUT2D eigenvalue weighted by molar-refractivity contribution is 6.08. The van der Waals surface area contributed by atoms with E-state index in [9.17, 15) is 24.0 Å². The zero-order chi connectivity index (χ0) is 50.9. The lowest BCUT2D eigenvalue weighted by molar-refractivity contribution is -0.155. The van der Waals surface area contributed by atoms with E-state index in [1.807, 2.05) is 11.0 Å². The van der Waals surface area contributed by atoms with Crippen molar-refractivity contribution in [1.29, 1.82) is 0 Å². The van der Waals surface area contributed by atoms with Crippen molar-refractivity contribution in [3.05, 3.63) is 125 Å². The average Bonchev–Trinajstić information content (AvgIpc) is 3.82. The van der Waals surface area contributed by atoms with Crippen molar-refractivity contribution >= 4 is 52.1 Å². The number of imide groups is 1. The summed E-state index contributed by atoms with van der Waals surface area (Å²) < 4.78 is 41.5. The van der Waals surface area contributed by atoms with E-state index in [1.54, 1.807) is 39.0 Å². The van der Waals surface area contributed by atoms with Crippen LogP contribution in [0.25, 0.3) is 33.5 Å². The zero-order valence-electron chi connectivity index (χ0n) is 40.7. The van der Waals surface area contributed by atoms with Gasteiger partial charge in [0.25, 0.3) is 11.8 Å². The number of likely N-dealkylation sites (tertiary alicyclic amines) is 2. The van der Waals surface area contributed by atoms with Gasteiger partial charge in [0, 0.05) is 60.5 Å². The molecular formula is C54H57F2N9O7. The molecule has 0 unspecified atom stereocenters. The quantitative estimate of drug-likeness (QED) is 0.0820. The first-order valence-electron chi connectivity index (χ1n) is 24.1. The van der Waals surface area contributed by atoms with Gasteiger partial charge in [-0.1, -0.05) is 30.3 Å². The third kappa shape index (κ3) is 10.3. The Labute approximate surface area is 415 Å². The van der Waals surface area contributed by atoms with Crippen molar-refractivity contribution in [1.82, 2.24) is 30.1 Å². The number of ether oxygens (including phenoxy) is 2. The van der Waals surface area contributed by atoms with Gasteiger partial charge in [-0.3, -0.25) is 29.4 Å². The summed E-state index contributed by atoms with van der Waals surface area (Å²) >= 11 is 0. The van der Waals surface area contributed by atoms with E-state index in [0.717, 1.165) is 69.1 Å². The second-order valence-electron chi connectivity index (χ2n) is 19.4. The fourth-order valence-corrected chi connectivity index (χ4v) is 10.1. The maximum Gasteiger partial charge on any atom is 0.328 e. The van der Waals surface area contributed by atoms with Crippen LogP contribution in [0.5, 0.6) is 5.75 Å². The van der Waals surface area contributed by atoms with Gasteiger partial charge in [0.2, 0.25) is 5.91 Å². The van der Waals surface area contributed by atoms with Crippen molar-refractivity contribution in [3.63, 3.8) is 0 Å². The number of nitrogens with zero attached hydrogens (tertiary/aromatic N) is 5. The number of benzene rings is 4. The van der Waals surface area contributed by atoms with Crippen LogP contribution in [0.3, 0.4) is 0 Å². The monoisotopic (exact) mass is 981 g/mol. The molecule has 3 saturated heterocycles. The van der Waals surface area contributed by atoms with E-state index in [-0.39, 0.29) is 48.0 Å². The van der Waals surface area contributed by atoms with Gasteiger partial charge in [0.1, 0.15) is 35.0 Å². The summed E-state index contributed by atoms with van der Waals surface area (Å²) in [7, 11) is 1.51. The van der Waals surface area contributed by atoms with Crippen LogP contribution in [0.2, 0.25) is 0 Å². The molecule has 3 aliphatic rings. The highest BCUT2D eigenvalue weighted by Crippen LogP contribution is 2.42. The van der Waals surface area contributed by atoms with Crippen molar-refractivity contribution in [2.45, 2.75) is 64.9 Å². The third-order valence-electron chi connectivity index (χ3n) is 14.5. The molecule has 1 spiro atoms. The number of methoxy groups -OCH3 is 1. The molecule has 72 heavy (non-hydrogen) atoms. The highest BCUT2D eigenvalue weighted by Gasteiger charge is 2.39. The summed E-state index contributed by atoms with van der Waals surface area (Å²) in [6, 6.07) is 21.3. The Kier molecular flexibility index (Phi) is 13.9. The Hall–Kier alpha value is -7.57. The molecule has 5 N–H and O–H groups in total. The molecular weight excluding hydrogens is 925 g/mol. The van der Waals surface area contributed by atoms with Crippen LogP contribution in [0, 0.1) is 24.0 Å². The van der Waals surface area contributed by atoms with Crippen LogP contribution in [0.1, 0.15) is 83.4 Å². The van der Waals surface area contributed by atoms with Crippen molar-refractivity contribution in [3.8, 4) is 28.3 Å². The van der Waals surface area contributed by atoms with Crippen LogP contribution < -0.4 is 26.0 Å². The number of nitrogens with one attached hydrogen (secondary N) is 3. The lowest BCUT2D eigenvalue weighted by atomic mass is 9.71.